The van der Waals surface area contributed by atoms with E-state index in [1.54, 1.807) is 30.5 Å². The van der Waals surface area contributed by atoms with E-state index in [1.165, 1.54) is 7.11 Å². The van der Waals surface area contributed by atoms with E-state index in [0.717, 1.165) is 11.5 Å². The van der Waals surface area contributed by atoms with Crippen LogP contribution in [0.5, 0.6) is 0 Å². The molecule has 0 bridgehead atoms. The van der Waals surface area contributed by atoms with Crippen LogP contribution in [-0.2, 0) is 9.63 Å². The monoisotopic (exact) mass is 444 g/mol. The molecule has 2 heterocycles. The van der Waals surface area contributed by atoms with Crippen molar-refractivity contribution in [3.05, 3.63) is 58.9 Å². The fourth-order valence-electron chi connectivity index (χ4n) is 2.82. The second kappa shape index (κ2) is 11.1. The Morgan fingerprint density at radius 1 is 1.16 bits per heavy atom. The second-order valence-electron chi connectivity index (χ2n) is 6.69. The Morgan fingerprint density at radius 2 is 1.87 bits per heavy atom. The van der Waals surface area contributed by atoms with E-state index in [2.05, 4.69) is 40.0 Å². The molecule has 3 aromatic rings. The first-order valence-electron chi connectivity index (χ1n) is 9.36. The number of nitrogens with one attached hydrogen (secondary N) is 3. The predicted octanol–water partition coefficient (Wildman–Crippen LogP) is 4.41. The summed E-state index contributed by atoms with van der Waals surface area (Å²) in [6.07, 6.45) is 1.55. The summed E-state index contributed by atoms with van der Waals surface area (Å²) in [5, 5.41) is 11.4. The van der Waals surface area contributed by atoms with Crippen LogP contribution in [0.4, 0.5) is 23.0 Å². The number of aromatic nitrogens is 3. The van der Waals surface area contributed by atoms with Crippen LogP contribution >= 0.6 is 11.6 Å². The second-order valence-corrected chi connectivity index (χ2v) is 7.10. The topological polar surface area (TPSA) is 110 Å². The quantitative estimate of drug-likeness (QED) is 0.463. The lowest BCUT2D eigenvalue weighted by atomic mass is 10.1. The number of hydrogen-bond donors (Lipinski definition) is 3. The number of carbonyl (C=O) groups excluding carboxylic acids is 2. The van der Waals surface area contributed by atoms with E-state index >= 15 is 0 Å². The van der Waals surface area contributed by atoms with Gasteiger partial charge in [0.25, 0.3) is 5.91 Å². The maximum Gasteiger partial charge on any atom is 0.276 e. The van der Waals surface area contributed by atoms with Crippen LogP contribution in [0.1, 0.15) is 35.9 Å². The molecule has 0 saturated heterocycles. The lowest BCUT2D eigenvalue weighted by Crippen LogP contribution is -2.22. The van der Waals surface area contributed by atoms with Crippen molar-refractivity contribution in [2.24, 2.45) is 0 Å². The zero-order chi connectivity index (χ0) is 23.0. The summed E-state index contributed by atoms with van der Waals surface area (Å²) in [6, 6.07) is 11.0. The molecular weight excluding hydrogens is 420 g/mol. The van der Waals surface area contributed by atoms with Crippen molar-refractivity contribution in [1.29, 1.82) is 0 Å². The molecule has 0 atom stereocenters. The maximum atomic E-state index is 12.2. The van der Waals surface area contributed by atoms with Crippen LogP contribution in [0.3, 0.4) is 0 Å². The third kappa shape index (κ3) is 6.03. The number of hydrogen-bond acceptors (Lipinski definition) is 7. The number of carbonyl (C=O) groups is 2. The van der Waals surface area contributed by atoms with Gasteiger partial charge in [-0.1, -0.05) is 23.7 Å². The molecule has 9 nitrogen and oxygen atoms in total. The summed E-state index contributed by atoms with van der Waals surface area (Å²) in [6.45, 7) is 8.05. The number of aryl methyl sites for hydroxylation is 1. The van der Waals surface area contributed by atoms with Crippen molar-refractivity contribution in [2.45, 2.75) is 26.8 Å². The molecule has 0 radical (unpaired) electrons. The summed E-state index contributed by atoms with van der Waals surface area (Å²) >= 11 is 6.33. The lowest BCUT2D eigenvalue weighted by molar-refractivity contribution is -0.0980. The summed E-state index contributed by atoms with van der Waals surface area (Å²) in [5.41, 5.74) is 4.84. The highest BCUT2D eigenvalue weighted by Gasteiger charge is 2.14. The molecule has 164 valence electrons. The summed E-state index contributed by atoms with van der Waals surface area (Å²) in [7, 11) is 1.38. The highest BCUT2D eigenvalue weighted by molar-refractivity contribution is 6.33. The van der Waals surface area contributed by atoms with Gasteiger partial charge < -0.3 is 15.4 Å². The predicted molar refractivity (Wildman–Crippen MR) is 121 cm³/mol. The fraction of sp³-hybridized carbons (Fsp3) is 0.238. The number of nitrogens with zero attached hydrogens (tertiary/aromatic N) is 3. The SMILES string of the molecule is C=O.CONC(=O)c1ccccc1Nc1cc(Nc2cc(C)nn2C(C)C)ncc1Cl. The number of para-hydroxylation sites is 1. The highest BCUT2D eigenvalue weighted by atomic mass is 35.5. The van der Waals surface area contributed by atoms with Crippen molar-refractivity contribution in [3.8, 4) is 0 Å². The van der Waals surface area contributed by atoms with Crippen LogP contribution < -0.4 is 16.1 Å². The Morgan fingerprint density at radius 3 is 2.55 bits per heavy atom. The van der Waals surface area contributed by atoms with Gasteiger partial charge >= 0.3 is 0 Å². The van der Waals surface area contributed by atoms with Gasteiger partial charge in [0, 0.05) is 18.2 Å². The minimum absolute atomic E-state index is 0.197. The molecule has 1 amide bonds. The molecule has 0 unspecified atom stereocenters. The third-order valence-electron chi connectivity index (χ3n) is 4.09. The maximum absolute atomic E-state index is 12.2. The lowest BCUT2D eigenvalue weighted by Gasteiger charge is -2.15. The first-order valence-corrected chi connectivity index (χ1v) is 9.73. The van der Waals surface area contributed by atoms with Gasteiger partial charge in [-0.15, -0.1) is 0 Å². The average molecular weight is 445 g/mol. The molecule has 0 spiro atoms. The van der Waals surface area contributed by atoms with E-state index in [4.69, 9.17) is 21.2 Å². The molecular formula is C21H25ClN6O3. The van der Waals surface area contributed by atoms with Gasteiger partial charge in [0.1, 0.15) is 18.4 Å². The first kappa shape index (κ1) is 23.8. The summed E-state index contributed by atoms with van der Waals surface area (Å²) in [5.74, 6) is 1.06. The first-order chi connectivity index (χ1) is 14.9. The minimum atomic E-state index is -0.365. The molecule has 3 N–H and O–H groups in total. The number of amides is 1. The van der Waals surface area contributed by atoms with Crippen LogP contribution in [0.2, 0.25) is 5.02 Å². The van der Waals surface area contributed by atoms with E-state index < -0.39 is 0 Å². The van der Waals surface area contributed by atoms with Gasteiger partial charge in [-0.05, 0) is 32.9 Å². The van der Waals surface area contributed by atoms with Crippen molar-refractivity contribution in [2.75, 3.05) is 17.7 Å². The van der Waals surface area contributed by atoms with Crippen LogP contribution in [0.25, 0.3) is 0 Å². The zero-order valence-corrected chi connectivity index (χ0v) is 18.5. The molecule has 10 heteroatoms. The Labute approximate surface area is 185 Å². The van der Waals surface area contributed by atoms with Gasteiger partial charge in [0.05, 0.1) is 41.0 Å². The molecule has 0 aliphatic rings. The number of pyridine rings is 1. The molecule has 0 aliphatic carbocycles. The van der Waals surface area contributed by atoms with Gasteiger partial charge in [0.15, 0.2) is 0 Å². The molecule has 31 heavy (non-hydrogen) atoms. The molecule has 0 aliphatic heterocycles. The van der Waals surface area contributed by atoms with Crippen molar-refractivity contribution < 1.29 is 14.4 Å². The largest absolute Gasteiger partial charge is 0.353 e. The Kier molecular flexibility index (Phi) is 8.53. The molecule has 2 aromatic heterocycles. The van der Waals surface area contributed by atoms with Gasteiger partial charge in [-0.25, -0.2) is 15.1 Å². The van der Waals surface area contributed by atoms with E-state index in [1.807, 2.05) is 30.5 Å². The number of benzene rings is 1. The smallest absolute Gasteiger partial charge is 0.276 e. The van der Waals surface area contributed by atoms with Crippen LogP contribution in [-0.4, -0.2) is 34.6 Å². The van der Waals surface area contributed by atoms with E-state index in [-0.39, 0.29) is 11.9 Å². The van der Waals surface area contributed by atoms with E-state index in [9.17, 15) is 4.79 Å². The van der Waals surface area contributed by atoms with Crippen LogP contribution in [0, 0.1) is 6.92 Å². The molecule has 0 saturated carbocycles. The Balaban J connectivity index is 0.00000166. The fourth-order valence-corrected chi connectivity index (χ4v) is 2.97. The standard InChI is InChI=1S/C20H23ClN6O2.CH2O/c1-12(2)27-19(9-13(3)25-27)24-18-10-17(15(21)11-22-18)23-16-8-6-5-7-14(16)20(28)26-29-4;1-2/h5-12H,1-4H3,(H,26,28)(H2,22,23,24);1H2. The summed E-state index contributed by atoms with van der Waals surface area (Å²) in [4.78, 5) is 29.3. The van der Waals surface area contributed by atoms with Gasteiger partial charge in [0.2, 0.25) is 0 Å². The molecule has 0 fully saturated rings. The minimum Gasteiger partial charge on any atom is -0.353 e. The summed E-state index contributed by atoms with van der Waals surface area (Å²) < 4.78 is 1.89. The van der Waals surface area contributed by atoms with Crippen LogP contribution in [0.15, 0.2) is 42.6 Å². The number of rotatable bonds is 7. The van der Waals surface area contributed by atoms with Gasteiger partial charge in [-0.2, -0.15) is 5.10 Å². The van der Waals surface area contributed by atoms with Crippen molar-refractivity contribution in [3.63, 3.8) is 0 Å². The van der Waals surface area contributed by atoms with Crippen molar-refractivity contribution in [1.82, 2.24) is 20.2 Å². The molecule has 1 aromatic carbocycles. The zero-order valence-electron chi connectivity index (χ0n) is 17.8. The van der Waals surface area contributed by atoms with Crippen molar-refractivity contribution >= 4 is 47.3 Å². The Bertz CT molecular complexity index is 1040. The Hall–Kier alpha value is -3.43. The normalized spacial score (nSPS) is 10.3. The number of halogens is 1. The van der Waals surface area contributed by atoms with Gasteiger partial charge in [-0.3, -0.25) is 9.63 Å². The number of anilines is 4. The molecule has 3 rings (SSSR count). The van der Waals surface area contributed by atoms with E-state index in [0.29, 0.717) is 27.8 Å². The average Bonchev–Trinajstić information content (AvgIpc) is 3.13. The highest BCUT2D eigenvalue weighted by Crippen LogP contribution is 2.30. The number of hydroxylamine groups is 1. The third-order valence-corrected chi connectivity index (χ3v) is 4.40.